The number of halogens is 1. The number of rotatable bonds is 6. The summed E-state index contributed by atoms with van der Waals surface area (Å²) in [6.07, 6.45) is 0. The first-order valence-electron chi connectivity index (χ1n) is 6.68. The molecule has 0 aliphatic heterocycles. The maximum absolute atomic E-state index is 13.3. The summed E-state index contributed by atoms with van der Waals surface area (Å²) in [5.41, 5.74) is 3.37. The van der Waals surface area contributed by atoms with Gasteiger partial charge in [-0.05, 0) is 34.9 Å². The lowest BCUT2D eigenvalue weighted by Crippen LogP contribution is -2.13. The first kappa shape index (κ1) is 15.2. The second-order valence-corrected chi connectivity index (χ2v) is 4.82. The molecule has 2 aromatic carbocycles. The van der Waals surface area contributed by atoms with Crippen LogP contribution < -0.4 is 5.32 Å². The SMILES string of the molecule is COCc1cccc(CNCc2cc(F)cc(C#N)c2)c1. The minimum absolute atomic E-state index is 0.342. The van der Waals surface area contributed by atoms with E-state index in [-0.39, 0.29) is 5.82 Å². The molecule has 2 rings (SSSR count). The van der Waals surface area contributed by atoms with Crippen LogP contribution in [-0.4, -0.2) is 7.11 Å². The fraction of sp³-hybridized carbons (Fsp3) is 0.235. The Bertz CT molecular complexity index is 649. The molecule has 1 N–H and O–H groups in total. The summed E-state index contributed by atoms with van der Waals surface area (Å²) < 4.78 is 18.4. The Morgan fingerprint density at radius 3 is 2.62 bits per heavy atom. The Kier molecular flexibility index (Phi) is 5.44. The fourth-order valence-electron chi connectivity index (χ4n) is 2.16. The molecule has 3 nitrogen and oxygen atoms in total. The Hall–Kier alpha value is -2.22. The van der Waals surface area contributed by atoms with Gasteiger partial charge in [0.05, 0.1) is 18.2 Å². The zero-order valence-electron chi connectivity index (χ0n) is 11.9. The molecule has 0 aliphatic rings. The lowest BCUT2D eigenvalue weighted by atomic mass is 10.1. The Labute approximate surface area is 124 Å². The topological polar surface area (TPSA) is 45.0 Å². The summed E-state index contributed by atoms with van der Waals surface area (Å²) in [6.45, 7) is 1.78. The molecule has 0 aromatic heterocycles. The van der Waals surface area contributed by atoms with Crippen LogP contribution in [0.2, 0.25) is 0 Å². The second-order valence-electron chi connectivity index (χ2n) is 4.82. The van der Waals surface area contributed by atoms with Crippen LogP contribution in [0.25, 0.3) is 0 Å². The van der Waals surface area contributed by atoms with Crippen molar-refractivity contribution in [1.82, 2.24) is 5.32 Å². The normalized spacial score (nSPS) is 10.3. The monoisotopic (exact) mass is 284 g/mol. The lowest BCUT2D eigenvalue weighted by molar-refractivity contribution is 0.185. The van der Waals surface area contributed by atoms with E-state index in [4.69, 9.17) is 10.00 Å². The van der Waals surface area contributed by atoms with Crippen LogP contribution in [0.3, 0.4) is 0 Å². The van der Waals surface area contributed by atoms with Gasteiger partial charge in [0.25, 0.3) is 0 Å². The van der Waals surface area contributed by atoms with Crippen LogP contribution in [0, 0.1) is 17.1 Å². The molecule has 2 aromatic rings. The maximum Gasteiger partial charge on any atom is 0.124 e. The first-order valence-corrected chi connectivity index (χ1v) is 6.68. The molecule has 0 aliphatic carbocycles. The van der Waals surface area contributed by atoms with E-state index in [1.54, 1.807) is 13.2 Å². The van der Waals surface area contributed by atoms with E-state index < -0.39 is 0 Å². The quantitative estimate of drug-likeness (QED) is 0.886. The van der Waals surface area contributed by atoms with Crippen molar-refractivity contribution < 1.29 is 9.13 Å². The third-order valence-electron chi connectivity index (χ3n) is 3.05. The first-order chi connectivity index (χ1) is 10.2. The van der Waals surface area contributed by atoms with Gasteiger partial charge >= 0.3 is 0 Å². The van der Waals surface area contributed by atoms with Crippen LogP contribution in [0.4, 0.5) is 4.39 Å². The molecule has 0 saturated carbocycles. The third-order valence-corrected chi connectivity index (χ3v) is 3.05. The Balaban J connectivity index is 1.94. The molecule has 0 radical (unpaired) electrons. The zero-order valence-corrected chi connectivity index (χ0v) is 11.9. The predicted molar refractivity (Wildman–Crippen MR) is 78.8 cm³/mol. The van der Waals surface area contributed by atoms with Crippen LogP contribution in [-0.2, 0) is 24.4 Å². The van der Waals surface area contributed by atoms with Crippen molar-refractivity contribution in [2.45, 2.75) is 19.7 Å². The van der Waals surface area contributed by atoms with Gasteiger partial charge in [0.15, 0.2) is 0 Å². The molecule has 21 heavy (non-hydrogen) atoms. The molecule has 0 atom stereocenters. The van der Waals surface area contributed by atoms with Crippen molar-refractivity contribution in [2.75, 3.05) is 7.11 Å². The van der Waals surface area contributed by atoms with E-state index >= 15 is 0 Å². The van der Waals surface area contributed by atoms with Crippen LogP contribution >= 0.6 is 0 Å². The number of hydrogen-bond donors (Lipinski definition) is 1. The molecule has 0 saturated heterocycles. The fourth-order valence-corrected chi connectivity index (χ4v) is 2.16. The van der Waals surface area contributed by atoms with E-state index in [0.29, 0.717) is 25.3 Å². The highest BCUT2D eigenvalue weighted by atomic mass is 19.1. The second kappa shape index (κ2) is 7.53. The van der Waals surface area contributed by atoms with Crippen molar-refractivity contribution in [2.24, 2.45) is 0 Å². The average molecular weight is 284 g/mol. The van der Waals surface area contributed by atoms with Crippen molar-refractivity contribution in [3.05, 3.63) is 70.5 Å². The highest BCUT2D eigenvalue weighted by Gasteiger charge is 2.01. The molecule has 0 fully saturated rings. The van der Waals surface area contributed by atoms with Gasteiger partial charge in [-0.25, -0.2) is 4.39 Å². The van der Waals surface area contributed by atoms with Gasteiger partial charge in [0, 0.05) is 20.2 Å². The molecule has 0 amide bonds. The average Bonchev–Trinajstić information content (AvgIpc) is 2.47. The summed E-state index contributed by atoms with van der Waals surface area (Å²) in [5.74, 6) is -0.382. The highest BCUT2D eigenvalue weighted by Crippen LogP contribution is 2.10. The summed E-state index contributed by atoms with van der Waals surface area (Å²) in [5, 5.41) is 12.1. The predicted octanol–water partition coefficient (Wildman–Crippen LogP) is 3.13. The minimum Gasteiger partial charge on any atom is -0.380 e. The molecule has 0 spiro atoms. The summed E-state index contributed by atoms with van der Waals surface area (Å²) in [4.78, 5) is 0. The summed E-state index contributed by atoms with van der Waals surface area (Å²) in [7, 11) is 1.67. The highest BCUT2D eigenvalue weighted by molar-refractivity contribution is 5.33. The molecule has 0 heterocycles. The smallest absolute Gasteiger partial charge is 0.124 e. The van der Waals surface area contributed by atoms with Crippen molar-refractivity contribution in [3.63, 3.8) is 0 Å². The van der Waals surface area contributed by atoms with E-state index in [2.05, 4.69) is 11.4 Å². The van der Waals surface area contributed by atoms with Gasteiger partial charge < -0.3 is 10.1 Å². The number of hydrogen-bond acceptors (Lipinski definition) is 3. The number of nitrogens with one attached hydrogen (secondary N) is 1. The third kappa shape index (κ3) is 4.67. The van der Waals surface area contributed by atoms with E-state index in [0.717, 1.165) is 16.7 Å². The summed E-state index contributed by atoms with van der Waals surface area (Å²) in [6, 6.07) is 14.4. The van der Waals surface area contributed by atoms with Gasteiger partial charge in [-0.3, -0.25) is 0 Å². The van der Waals surface area contributed by atoms with E-state index in [1.807, 2.05) is 24.3 Å². The number of methoxy groups -OCH3 is 1. The molecule has 0 bridgehead atoms. The number of nitriles is 1. The molecule has 108 valence electrons. The van der Waals surface area contributed by atoms with Crippen LogP contribution in [0.5, 0.6) is 0 Å². The van der Waals surface area contributed by atoms with Crippen molar-refractivity contribution in [3.8, 4) is 6.07 Å². The van der Waals surface area contributed by atoms with E-state index in [9.17, 15) is 4.39 Å². The van der Waals surface area contributed by atoms with Crippen LogP contribution in [0.15, 0.2) is 42.5 Å². The largest absolute Gasteiger partial charge is 0.380 e. The van der Waals surface area contributed by atoms with Crippen LogP contribution in [0.1, 0.15) is 22.3 Å². The molecular weight excluding hydrogens is 267 g/mol. The minimum atomic E-state index is -0.382. The van der Waals surface area contributed by atoms with Gasteiger partial charge in [-0.15, -0.1) is 0 Å². The number of nitrogens with zero attached hydrogens (tertiary/aromatic N) is 1. The molecule has 0 unspecified atom stereocenters. The molecule has 4 heteroatoms. The van der Waals surface area contributed by atoms with Crippen molar-refractivity contribution in [1.29, 1.82) is 5.26 Å². The van der Waals surface area contributed by atoms with Gasteiger partial charge in [-0.2, -0.15) is 5.26 Å². The molecular formula is C17H17FN2O. The Morgan fingerprint density at radius 2 is 1.86 bits per heavy atom. The van der Waals surface area contributed by atoms with Crippen molar-refractivity contribution >= 4 is 0 Å². The lowest BCUT2D eigenvalue weighted by Gasteiger charge is -2.07. The number of benzene rings is 2. The van der Waals surface area contributed by atoms with Gasteiger partial charge in [0.2, 0.25) is 0 Å². The van der Waals surface area contributed by atoms with Gasteiger partial charge in [-0.1, -0.05) is 24.3 Å². The number of ether oxygens (including phenoxy) is 1. The maximum atomic E-state index is 13.3. The van der Waals surface area contributed by atoms with E-state index in [1.165, 1.54) is 12.1 Å². The summed E-state index contributed by atoms with van der Waals surface area (Å²) >= 11 is 0. The van der Waals surface area contributed by atoms with Gasteiger partial charge in [0.1, 0.15) is 5.82 Å². The Morgan fingerprint density at radius 1 is 1.10 bits per heavy atom. The zero-order chi connectivity index (χ0) is 15.1. The standard InChI is InChI=1S/C17H17FN2O/c1-21-12-14-4-2-3-13(5-14)10-20-11-16-6-15(9-19)7-17(18)8-16/h2-8,20H,10-12H2,1H3.